The van der Waals surface area contributed by atoms with Crippen LogP contribution in [0.5, 0.6) is 0 Å². The molecule has 0 spiro atoms. The van der Waals surface area contributed by atoms with Gasteiger partial charge in [0.15, 0.2) is 5.82 Å². The minimum Gasteiger partial charge on any atom is -0.394 e. The highest BCUT2D eigenvalue weighted by molar-refractivity contribution is 7.94. The second-order valence-corrected chi connectivity index (χ2v) is 6.40. The number of rotatable bonds is 3. The number of nitrogens with one attached hydrogen (secondary N) is 1. The molecule has 94 valence electrons. The van der Waals surface area contributed by atoms with Gasteiger partial charge in [-0.1, -0.05) is 0 Å². The van der Waals surface area contributed by atoms with Crippen LogP contribution in [0, 0.1) is 11.3 Å². The van der Waals surface area contributed by atoms with Crippen molar-refractivity contribution in [2.45, 2.75) is 4.21 Å². The SMILES string of the molecule is Cn1ncc(N)c1NS(=O)(=O)c1ccc(C#N)s1. The normalized spacial score (nSPS) is 11.1. The van der Waals surface area contributed by atoms with Crippen molar-refractivity contribution in [2.75, 3.05) is 10.5 Å². The molecule has 0 aliphatic carbocycles. The van der Waals surface area contributed by atoms with E-state index in [2.05, 4.69) is 9.82 Å². The van der Waals surface area contributed by atoms with Crippen LogP contribution in [0.15, 0.2) is 22.5 Å². The summed E-state index contributed by atoms with van der Waals surface area (Å²) in [7, 11) is -2.17. The zero-order chi connectivity index (χ0) is 13.3. The Kier molecular flexibility index (Phi) is 2.98. The first-order valence-corrected chi connectivity index (χ1v) is 7.04. The summed E-state index contributed by atoms with van der Waals surface area (Å²) in [6.07, 6.45) is 1.35. The highest BCUT2D eigenvalue weighted by Gasteiger charge is 2.20. The van der Waals surface area contributed by atoms with E-state index in [0.29, 0.717) is 4.88 Å². The fourth-order valence-electron chi connectivity index (χ4n) is 1.28. The predicted octanol–water partition coefficient (Wildman–Crippen LogP) is 0.736. The predicted molar refractivity (Wildman–Crippen MR) is 67.5 cm³/mol. The standard InChI is InChI=1S/C9H9N5O2S2/c1-14-9(7(11)5-12-14)13-18(15,16)8-3-2-6(4-10)17-8/h2-3,5,13H,11H2,1H3. The number of thiophene rings is 1. The van der Waals surface area contributed by atoms with Gasteiger partial charge in [0.05, 0.1) is 11.9 Å². The van der Waals surface area contributed by atoms with Gasteiger partial charge < -0.3 is 5.73 Å². The van der Waals surface area contributed by atoms with Gasteiger partial charge in [-0.3, -0.25) is 9.40 Å². The molecule has 0 saturated carbocycles. The summed E-state index contributed by atoms with van der Waals surface area (Å²) in [6, 6.07) is 4.71. The molecule has 7 nitrogen and oxygen atoms in total. The van der Waals surface area contributed by atoms with Gasteiger partial charge in [-0.05, 0) is 12.1 Å². The molecule has 0 saturated heterocycles. The highest BCUT2D eigenvalue weighted by atomic mass is 32.2. The average molecular weight is 283 g/mol. The summed E-state index contributed by atoms with van der Waals surface area (Å²) in [5.74, 6) is 0.196. The molecule has 18 heavy (non-hydrogen) atoms. The van der Waals surface area contributed by atoms with Crippen LogP contribution in [0.3, 0.4) is 0 Å². The Hall–Kier alpha value is -2.05. The third kappa shape index (κ3) is 2.15. The molecule has 3 N–H and O–H groups in total. The van der Waals surface area contributed by atoms with Gasteiger partial charge in [-0.25, -0.2) is 8.42 Å². The maximum atomic E-state index is 12.0. The maximum absolute atomic E-state index is 12.0. The Labute approximate surface area is 108 Å². The first-order valence-electron chi connectivity index (χ1n) is 4.74. The number of nitriles is 1. The summed E-state index contributed by atoms with van der Waals surface area (Å²) in [5, 5.41) is 12.5. The Morgan fingerprint density at radius 2 is 2.28 bits per heavy atom. The molecule has 0 aliphatic rings. The molecular weight excluding hydrogens is 274 g/mol. The molecule has 2 rings (SSSR count). The average Bonchev–Trinajstić information content (AvgIpc) is 2.91. The molecule has 2 heterocycles. The van der Waals surface area contributed by atoms with Crippen LogP contribution >= 0.6 is 11.3 Å². The van der Waals surface area contributed by atoms with Crippen molar-refractivity contribution in [3.8, 4) is 6.07 Å². The van der Waals surface area contributed by atoms with Crippen molar-refractivity contribution in [3.05, 3.63) is 23.2 Å². The van der Waals surface area contributed by atoms with Gasteiger partial charge in [-0.15, -0.1) is 11.3 Å². The number of nitrogens with zero attached hydrogens (tertiary/aromatic N) is 3. The zero-order valence-corrected chi connectivity index (χ0v) is 10.9. The molecule has 0 bridgehead atoms. The number of nitrogens with two attached hydrogens (primary N) is 1. The van der Waals surface area contributed by atoms with Gasteiger partial charge >= 0.3 is 0 Å². The number of anilines is 2. The Morgan fingerprint density at radius 3 is 2.78 bits per heavy atom. The van der Waals surface area contributed by atoms with E-state index in [1.807, 2.05) is 6.07 Å². The van der Waals surface area contributed by atoms with Gasteiger partial charge in [-0.2, -0.15) is 10.4 Å². The first kappa shape index (κ1) is 12.4. The lowest BCUT2D eigenvalue weighted by molar-refractivity contribution is 0.602. The van der Waals surface area contributed by atoms with E-state index < -0.39 is 10.0 Å². The van der Waals surface area contributed by atoms with Crippen LogP contribution in [0.1, 0.15) is 4.88 Å². The third-order valence-corrected chi connectivity index (χ3v) is 4.98. The summed E-state index contributed by atoms with van der Waals surface area (Å²) in [5.41, 5.74) is 5.83. The fraction of sp³-hybridized carbons (Fsp3) is 0.111. The lowest BCUT2D eigenvalue weighted by Gasteiger charge is -2.06. The molecule has 0 aromatic carbocycles. The Balaban J connectivity index is 2.36. The van der Waals surface area contributed by atoms with E-state index in [4.69, 9.17) is 11.0 Å². The molecule has 2 aromatic heterocycles. The van der Waals surface area contributed by atoms with Crippen LogP contribution in [0.4, 0.5) is 11.5 Å². The van der Waals surface area contributed by atoms with Gasteiger partial charge in [0.2, 0.25) is 0 Å². The van der Waals surface area contributed by atoms with E-state index in [0.717, 1.165) is 11.3 Å². The van der Waals surface area contributed by atoms with Crippen LogP contribution in [0.25, 0.3) is 0 Å². The number of nitrogen functional groups attached to an aromatic ring is 1. The van der Waals surface area contributed by atoms with Crippen molar-refractivity contribution >= 4 is 32.9 Å². The minimum atomic E-state index is -3.74. The molecule has 0 fully saturated rings. The van der Waals surface area contributed by atoms with Gasteiger partial charge in [0.1, 0.15) is 15.2 Å². The first-order chi connectivity index (χ1) is 8.44. The number of aryl methyl sites for hydroxylation is 1. The molecule has 0 aliphatic heterocycles. The van der Waals surface area contributed by atoms with Crippen LogP contribution in [-0.2, 0) is 17.1 Å². The largest absolute Gasteiger partial charge is 0.394 e. The monoisotopic (exact) mass is 283 g/mol. The third-order valence-electron chi connectivity index (χ3n) is 2.15. The van der Waals surface area contributed by atoms with Crippen molar-refractivity contribution in [1.29, 1.82) is 5.26 Å². The smallest absolute Gasteiger partial charge is 0.272 e. The molecule has 0 atom stereocenters. The van der Waals surface area contributed by atoms with Crippen LogP contribution in [-0.4, -0.2) is 18.2 Å². The number of hydrogen-bond donors (Lipinski definition) is 2. The van der Waals surface area contributed by atoms with Gasteiger partial charge in [0.25, 0.3) is 10.0 Å². The second-order valence-electron chi connectivity index (χ2n) is 3.41. The highest BCUT2D eigenvalue weighted by Crippen LogP contribution is 2.25. The number of hydrogen-bond acceptors (Lipinski definition) is 6. The maximum Gasteiger partial charge on any atom is 0.272 e. The molecular formula is C9H9N5O2S2. The summed E-state index contributed by atoms with van der Waals surface area (Å²) in [6.45, 7) is 0. The summed E-state index contributed by atoms with van der Waals surface area (Å²) in [4.78, 5) is 0.327. The van der Waals surface area contributed by atoms with Crippen molar-refractivity contribution < 1.29 is 8.42 Å². The van der Waals surface area contributed by atoms with E-state index in [1.54, 1.807) is 7.05 Å². The fourth-order valence-corrected chi connectivity index (χ4v) is 3.50. The zero-order valence-electron chi connectivity index (χ0n) is 9.28. The topological polar surface area (TPSA) is 114 Å². The Bertz CT molecular complexity index is 703. The lowest BCUT2D eigenvalue weighted by Crippen LogP contribution is -2.15. The van der Waals surface area contributed by atoms with E-state index in [9.17, 15) is 8.42 Å². The number of sulfonamides is 1. The summed E-state index contributed by atoms with van der Waals surface area (Å²) < 4.78 is 27.8. The lowest BCUT2D eigenvalue weighted by atomic mass is 10.5. The minimum absolute atomic E-state index is 0.0552. The van der Waals surface area contributed by atoms with Crippen molar-refractivity contribution in [2.24, 2.45) is 7.05 Å². The van der Waals surface area contributed by atoms with Crippen LogP contribution < -0.4 is 10.5 Å². The summed E-state index contributed by atoms with van der Waals surface area (Å²) >= 11 is 0.891. The van der Waals surface area contributed by atoms with E-state index in [1.165, 1.54) is 23.0 Å². The van der Waals surface area contributed by atoms with E-state index >= 15 is 0 Å². The molecule has 0 radical (unpaired) electrons. The van der Waals surface area contributed by atoms with E-state index in [-0.39, 0.29) is 15.7 Å². The molecule has 9 heteroatoms. The molecule has 0 amide bonds. The number of aromatic nitrogens is 2. The van der Waals surface area contributed by atoms with Crippen molar-refractivity contribution in [1.82, 2.24) is 9.78 Å². The molecule has 2 aromatic rings. The van der Waals surface area contributed by atoms with Crippen LogP contribution in [0.2, 0.25) is 0 Å². The Morgan fingerprint density at radius 1 is 1.56 bits per heavy atom. The van der Waals surface area contributed by atoms with Crippen molar-refractivity contribution in [3.63, 3.8) is 0 Å². The quantitative estimate of drug-likeness (QED) is 0.862. The van der Waals surface area contributed by atoms with Gasteiger partial charge in [0, 0.05) is 7.05 Å². The molecule has 0 unspecified atom stereocenters. The second kappa shape index (κ2) is 4.32.